The standard InChI is InChI=1S/C72H107N17O18S/c1-44(2)40-52(61(94)84-51(32-39-108-4)69(102)105-3)80-59(92)41-79-62(95)53-24-14-37-88(53)68(101)56-27-17-38-89(56)67(100)50(29-31-58(74)91)82-60(93)47(28-30-57(73)90)81-63(96)54-25-15-35-86(54)65(98)48(22-11-12-33-78-71(103)106-42-45-18-7-5-8-19-45)83-64(97)55-26-16-36-87(55)66(99)49(23-13-34-77-70(75)76)85-72(104)107-43-46-20-9-6-10-21-46/h5-10,18-21,44,47-56H,11-17,22-43H2,1-4H3,(H2,73,90)(H2,74,91)(H,78,103)(H,79,95)(H,80,92)(H,81,96)(H,82,93)(H,83,97)(H,84,94)(H,85,104)(H4,75,76,77)/t47-,48-,49-,50-,51+,52-,53+,54-,55-,56+/m0/s1. The summed E-state index contributed by atoms with van der Waals surface area (Å²) in [7, 11) is 1.20. The summed E-state index contributed by atoms with van der Waals surface area (Å²) in [5.41, 5.74) is 23.7. The van der Waals surface area contributed by atoms with Gasteiger partial charge >= 0.3 is 18.2 Å². The van der Waals surface area contributed by atoms with E-state index in [1.54, 1.807) is 54.6 Å². The van der Waals surface area contributed by atoms with Crippen molar-refractivity contribution in [3.63, 3.8) is 0 Å². The van der Waals surface area contributed by atoms with Crippen molar-refractivity contribution in [3.05, 3.63) is 71.8 Å². The molecule has 14 amide bonds. The maximum atomic E-state index is 15.1. The lowest BCUT2D eigenvalue weighted by molar-refractivity contribution is -0.148. The van der Waals surface area contributed by atoms with Gasteiger partial charge in [0, 0.05) is 52.1 Å². The predicted octanol–water partition coefficient (Wildman–Crippen LogP) is -0.561. The maximum Gasteiger partial charge on any atom is 0.408 e. The number of nitrogens with one attached hydrogen (secondary N) is 8. The Morgan fingerprint density at radius 3 is 1.49 bits per heavy atom. The average Bonchev–Trinajstić information content (AvgIpc) is 1.64. The van der Waals surface area contributed by atoms with E-state index in [1.165, 1.54) is 38.5 Å². The molecule has 594 valence electrons. The molecule has 2 aromatic carbocycles. The smallest absolute Gasteiger partial charge is 0.408 e. The van der Waals surface area contributed by atoms with Gasteiger partial charge in [0.2, 0.25) is 70.9 Å². The molecule has 35 nitrogen and oxygen atoms in total. The third kappa shape index (κ3) is 27.8. The highest BCUT2D eigenvalue weighted by atomic mass is 32.2. The molecule has 0 unspecified atom stereocenters. The van der Waals surface area contributed by atoms with Crippen molar-refractivity contribution in [3.8, 4) is 0 Å². The van der Waals surface area contributed by atoms with Crippen LogP contribution in [0.4, 0.5) is 9.59 Å². The van der Waals surface area contributed by atoms with E-state index in [1.807, 2.05) is 26.2 Å². The van der Waals surface area contributed by atoms with Crippen LogP contribution in [0.5, 0.6) is 0 Å². The largest absolute Gasteiger partial charge is 0.467 e. The summed E-state index contributed by atoms with van der Waals surface area (Å²) in [5, 5.41) is 21.3. The molecular weight excluding hydrogens is 1420 g/mol. The number of rotatable bonds is 42. The molecule has 4 heterocycles. The normalized spacial score (nSPS) is 18.3. The number of carbonyl (C=O) groups is 15. The summed E-state index contributed by atoms with van der Waals surface area (Å²) in [6, 6.07) is 5.48. The van der Waals surface area contributed by atoms with E-state index in [4.69, 9.17) is 37.1 Å². The van der Waals surface area contributed by atoms with E-state index >= 15 is 4.79 Å². The van der Waals surface area contributed by atoms with Crippen molar-refractivity contribution in [1.82, 2.24) is 62.1 Å². The fourth-order valence-corrected chi connectivity index (χ4v) is 13.9. The van der Waals surface area contributed by atoms with Crippen LogP contribution in [-0.4, -0.2) is 240 Å². The van der Waals surface area contributed by atoms with Crippen molar-refractivity contribution in [2.24, 2.45) is 33.8 Å². The topological polar surface area (TPSA) is 509 Å². The Morgan fingerprint density at radius 2 is 0.963 bits per heavy atom. The zero-order valence-electron chi connectivity index (χ0n) is 61.9. The van der Waals surface area contributed by atoms with Gasteiger partial charge in [-0.1, -0.05) is 74.5 Å². The summed E-state index contributed by atoms with van der Waals surface area (Å²) >= 11 is 1.47. The minimum atomic E-state index is -1.61. The van der Waals surface area contributed by atoms with Gasteiger partial charge in [0.05, 0.1) is 13.7 Å². The zero-order chi connectivity index (χ0) is 78.8. The molecule has 4 aliphatic heterocycles. The third-order valence-electron chi connectivity index (χ3n) is 18.9. The molecule has 0 spiro atoms. The number of aliphatic imine (C=N–C) groups is 1. The Labute approximate surface area is 632 Å². The van der Waals surface area contributed by atoms with Crippen molar-refractivity contribution in [2.75, 3.05) is 64.9 Å². The highest BCUT2D eigenvalue weighted by Crippen LogP contribution is 2.28. The molecule has 4 fully saturated rings. The van der Waals surface area contributed by atoms with Gasteiger partial charge < -0.3 is 99.3 Å². The molecule has 6 rings (SSSR count). The highest BCUT2D eigenvalue weighted by molar-refractivity contribution is 7.98. The number of carbonyl (C=O) groups excluding carboxylic acids is 15. The maximum absolute atomic E-state index is 15.1. The van der Waals surface area contributed by atoms with Crippen LogP contribution in [0.25, 0.3) is 0 Å². The lowest BCUT2D eigenvalue weighted by Gasteiger charge is -2.33. The Balaban J connectivity index is 1.15. The Morgan fingerprint density at radius 1 is 0.500 bits per heavy atom. The van der Waals surface area contributed by atoms with Crippen LogP contribution >= 0.6 is 11.8 Å². The molecule has 10 atom stereocenters. The lowest BCUT2D eigenvalue weighted by atomic mass is 10.0. The number of methoxy groups -OCH3 is 1. The number of ether oxygens (including phenoxy) is 3. The van der Waals surface area contributed by atoms with Gasteiger partial charge in [-0.25, -0.2) is 14.4 Å². The second-order valence-electron chi connectivity index (χ2n) is 27.5. The van der Waals surface area contributed by atoms with Crippen molar-refractivity contribution in [2.45, 2.75) is 209 Å². The molecule has 0 aromatic heterocycles. The first kappa shape index (κ1) is 86.6. The quantitative estimate of drug-likeness (QED) is 0.0130. The van der Waals surface area contributed by atoms with Gasteiger partial charge in [0.25, 0.3) is 0 Å². The summed E-state index contributed by atoms with van der Waals surface area (Å²) in [5.74, 6) is -9.39. The number of hydrogen-bond donors (Lipinski definition) is 12. The number of hydrogen-bond acceptors (Lipinski definition) is 20. The molecule has 0 saturated carbocycles. The number of unbranched alkanes of at least 4 members (excludes halogenated alkanes) is 1. The molecule has 0 bridgehead atoms. The van der Waals surface area contributed by atoms with E-state index < -0.39 is 175 Å². The number of alkyl carbamates (subject to hydrolysis) is 2. The van der Waals surface area contributed by atoms with Crippen LogP contribution in [-0.2, 0) is 89.8 Å². The van der Waals surface area contributed by atoms with Crippen LogP contribution in [0.1, 0.15) is 147 Å². The van der Waals surface area contributed by atoms with Crippen LogP contribution in [0.15, 0.2) is 65.7 Å². The predicted molar refractivity (Wildman–Crippen MR) is 395 cm³/mol. The molecule has 108 heavy (non-hydrogen) atoms. The van der Waals surface area contributed by atoms with Crippen LogP contribution < -0.4 is 65.5 Å². The van der Waals surface area contributed by atoms with Gasteiger partial charge in [-0.3, -0.25) is 62.5 Å². The minimum Gasteiger partial charge on any atom is -0.467 e. The van der Waals surface area contributed by atoms with Crippen LogP contribution in [0, 0.1) is 5.92 Å². The van der Waals surface area contributed by atoms with Crippen molar-refractivity contribution >= 4 is 107 Å². The zero-order valence-corrected chi connectivity index (χ0v) is 62.7. The monoisotopic (exact) mass is 1530 g/mol. The van der Waals surface area contributed by atoms with Crippen LogP contribution in [0.2, 0.25) is 0 Å². The number of thioether (sulfide) groups is 1. The SMILES string of the molecule is COC(=O)[C@@H](CCSC)NC(=O)[C@H](CC(C)C)NC(=O)CNC(=O)[C@H]1CCCN1C(=O)[C@H]1CCCN1C(=O)[C@H](CCC(N)=O)NC(=O)[C@H](CCC(N)=O)NC(=O)[C@@H]1CCCN1C(=O)[C@H](CCCCNC(=O)OCc1ccccc1)NC(=O)[C@@H]1CCCN1C(=O)[C@H](CCCN=C(N)N)NC(=O)OCc1ccccc1. The molecule has 16 N–H and O–H groups in total. The number of benzene rings is 2. The summed E-state index contributed by atoms with van der Waals surface area (Å²) in [4.78, 5) is 216. The molecule has 0 aliphatic carbocycles. The van der Waals surface area contributed by atoms with E-state index in [-0.39, 0.29) is 148 Å². The van der Waals surface area contributed by atoms with Crippen molar-refractivity contribution in [1.29, 1.82) is 0 Å². The first-order chi connectivity index (χ1) is 51.7. The molecule has 2 aromatic rings. The lowest BCUT2D eigenvalue weighted by Crippen LogP contribution is -2.60. The number of likely N-dealkylation sites (tertiary alicyclic amines) is 4. The van der Waals surface area contributed by atoms with E-state index in [0.29, 0.717) is 30.6 Å². The Kier molecular flexibility index (Phi) is 35.9. The van der Waals surface area contributed by atoms with Crippen molar-refractivity contribution < 1.29 is 86.1 Å². The molecule has 0 radical (unpaired) electrons. The summed E-state index contributed by atoms with van der Waals surface area (Å²) in [6.07, 6.45) is 1.69. The van der Waals surface area contributed by atoms with E-state index in [9.17, 15) is 67.1 Å². The first-order valence-corrected chi connectivity index (χ1v) is 38.2. The Bertz CT molecular complexity index is 3460. The number of esters is 1. The number of nitrogens with two attached hydrogens (primary N) is 4. The average molecular weight is 1530 g/mol. The van der Waals surface area contributed by atoms with E-state index in [0.717, 1.165) is 5.56 Å². The number of primary amides is 2. The first-order valence-electron chi connectivity index (χ1n) is 36.8. The van der Waals surface area contributed by atoms with Gasteiger partial charge in [-0.15, -0.1) is 0 Å². The van der Waals surface area contributed by atoms with E-state index in [2.05, 4.69) is 47.5 Å². The van der Waals surface area contributed by atoms with Gasteiger partial charge in [-0.05, 0) is 138 Å². The second kappa shape index (κ2) is 44.7. The summed E-state index contributed by atoms with van der Waals surface area (Å²) in [6.45, 7) is 3.45. The third-order valence-corrected chi connectivity index (χ3v) is 19.5. The molecule has 4 aliphatic rings. The highest BCUT2D eigenvalue weighted by Gasteiger charge is 2.46. The van der Waals surface area contributed by atoms with Crippen LogP contribution in [0.3, 0.4) is 0 Å². The number of amides is 14. The molecule has 36 heteroatoms. The van der Waals surface area contributed by atoms with Gasteiger partial charge in [0.15, 0.2) is 5.96 Å². The number of guanidine groups is 1. The second-order valence-corrected chi connectivity index (χ2v) is 28.5. The molecule has 4 saturated heterocycles. The summed E-state index contributed by atoms with van der Waals surface area (Å²) < 4.78 is 15.7. The van der Waals surface area contributed by atoms with Gasteiger partial charge in [0.1, 0.15) is 73.6 Å². The minimum absolute atomic E-state index is 0.00145. The van der Waals surface area contributed by atoms with Gasteiger partial charge in [-0.2, -0.15) is 11.8 Å². The fourth-order valence-electron chi connectivity index (χ4n) is 13.4. The number of nitrogens with zero attached hydrogens (tertiary/aromatic N) is 5. The fraction of sp³-hybridized carbons (Fsp3) is 0.611. The Hall–Kier alpha value is -10.3. The molecular formula is C72H107N17O18S.